The van der Waals surface area contributed by atoms with E-state index in [2.05, 4.69) is 10.6 Å². The molecule has 0 aliphatic rings. The van der Waals surface area contributed by atoms with Gasteiger partial charge in [-0.2, -0.15) is 0 Å². The first-order valence-electron chi connectivity index (χ1n) is 9.60. The van der Waals surface area contributed by atoms with E-state index in [4.69, 9.17) is 11.6 Å². The van der Waals surface area contributed by atoms with Crippen LogP contribution in [0.2, 0.25) is 5.02 Å². The number of carbonyl (C=O) groups is 2. The van der Waals surface area contributed by atoms with Crippen molar-refractivity contribution in [2.45, 2.75) is 18.7 Å². The predicted octanol–water partition coefficient (Wildman–Crippen LogP) is 5.70. The third kappa shape index (κ3) is 6.12. The van der Waals surface area contributed by atoms with Crippen molar-refractivity contribution < 1.29 is 9.59 Å². The highest BCUT2D eigenvalue weighted by atomic mass is 35.5. The molecule has 0 aliphatic carbocycles. The average molecular weight is 439 g/mol. The number of para-hydroxylation sites is 1. The number of nitrogens with one attached hydrogen (secondary N) is 2. The van der Waals surface area contributed by atoms with Crippen LogP contribution in [0.1, 0.15) is 34.5 Å². The minimum Gasteiger partial charge on any atom is -0.345 e. The largest absolute Gasteiger partial charge is 0.345 e. The van der Waals surface area contributed by atoms with Gasteiger partial charge in [-0.1, -0.05) is 72.3 Å². The summed E-state index contributed by atoms with van der Waals surface area (Å²) in [5.41, 5.74) is 2.94. The van der Waals surface area contributed by atoms with Crippen LogP contribution in [0, 0.1) is 0 Å². The molecule has 3 rings (SSSR count). The normalized spacial score (nSPS) is 11.5. The van der Waals surface area contributed by atoms with Crippen LogP contribution in [-0.2, 0) is 10.5 Å². The third-order valence-corrected chi connectivity index (χ3v) is 5.89. The van der Waals surface area contributed by atoms with E-state index in [0.29, 0.717) is 22.0 Å². The first kappa shape index (κ1) is 21.9. The number of rotatable bonds is 8. The fourth-order valence-electron chi connectivity index (χ4n) is 2.94. The Labute approximate surface area is 186 Å². The van der Waals surface area contributed by atoms with Crippen molar-refractivity contribution in [3.05, 3.63) is 101 Å². The molecule has 3 aromatic carbocycles. The van der Waals surface area contributed by atoms with Crippen molar-refractivity contribution in [3.8, 4) is 0 Å². The molecule has 30 heavy (non-hydrogen) atoms. The van der Waals surface area contributed by atoms with E-state index in [1.54, 1.807) is 24.3 Å². The molecule has 4 nitrogen and oxygen atoms in total. The van der Waals surface area contributed by atoms with Gasteiger partial charge in [0.25, 0.3) is 5.91 Å². The van der Waals surface area contributed by atoms with Crippen molar-refractivity contribution in [1.29, 1.82) is 0 Å². The molecule has 0 radical (unpaired) electrons. The highest BCUT2D eigenvalue weighted by Gasteiger charge is 2.16. The van der Waals surface area contributed by atoms with Crippen molar-refractivity contribution in [2.24, 2.45) is 0 Å². The Balaban J connectivity index is 1.58. The highest BCUT2D eigenvalue weighted by molar-refractivity contribution is 7.99. The zero-order valence-corrected chi connectivity index (χ0v) is 18.2. The molecule has 6 heteroatoms. The van der Waals surface area contributed by atoms with E-state index in [9.17, 15) is 9.59 Å². The van der Waals surface area contributed by atoms with Crippen LogP contribution >= 0.6 is 23.4 Å². The van der Waals surface area contributed by atoms with Gasteiger partial charge in [0.1, 0.15) is 0 Å². The van der Waals surface area contributed by atoms with Crippen molar-refractivity contribution in [2.75, 3.05) is 11.1 Å². The fraction of sp³-hybridized carbons (Fsp3) is 0.167. The van der Waals surface area contributed by atoms with E-state index in [-0.39, 0.29) is 23.6 Å². The Morgan fingerprint density at radius 3 is 2.37 bits per heavy atom. The lowest BCUT2D eigenvalue weighted by molar-refractivity contribution is -0.113. The van der Waals surface area contributed by atoms with Crippen LogP contribution in [0.25, 0.3) is 0 Å². The lowest BCUT2D eigenvalue weighted by Gasteiger charge is -2.16. The maximum atomic E-state index is 12.8. The number of hydrogen-bond acceptors (Lipinski definition) is 3. The van der Waals surface area contributed by atoms with Gasteiger partial charge in [0.2, 0.25) is 5.91 Å². The number of anilines is 1. The van der Waals surface area contributed by atoms with Crippen LogP contribution in [0.5, 0.6) is 0 Å². The molecule has 1 atom stereocenters. The number of benzene rings is 3. The predicted molar refractivity (Wildman–Crippen MR) is 125 cm³/mol. The monoisotopic (exact) mass is 438 g/mol. The lowest BCUT2D eigenvalue weighted by Crippen LogP contribution is -2.28. The second kappa shape index (κ2) is 10.9. The van der Waals surface area contributed by atoms with E-state index in [0.717, 1.165) is 11.1 Å². The molecule has 0 aliphatic heterocycles. The van der Waals surface area contributed by atoms with Crippen LogP contribution < -0.4 is 10.6 Å². The van der Waals surface area contributed by atoms with Gasteiger partial charge < -0.3 is 10.6 Å². The number of hydrogen-bond donors (Lipinski definition) is 2. The van der Waals surface area contributed by atoms with Gasteiger partial charge in [-0.15, -0.1) is 11.8 Å². The topological polar surface area (TPSA) is 58.2 Å². The molecule has 0 heterocycles. The summed E-state index contributed by atoms with van der Waals surface area (Å²) in [7, 11) is 0. The minimum absolute atomic E-state index is 0.145. The van der Waals surface area contributed by atoms with Crippen LogP contribution in [-0.4, -0.2) is 17.6 Å². The summed E-state index contributed by atoms with van der Waals surface area (Å²) in [4.78, 5) is 25.2. The Kier molecular flexibility index (Phi) is 7.94. The molecular formula is C24H23ClN2O2S. The van der Waals surface area contributed by atoms with Gasteiger partial charge >= 0.3 is 0 Å². The molecule has 0 saturated carbocycles. The maximum absolute atomic E-state index is 12.8. The number of thioether (sulfide) groups is 1. The summed E-state index contributed by atoms with van der Waals surface area (Å²) in [5.74, 6) is 0.514. The molecule has 2 N–H and O–H groups in total. The van der Waals surface area contributed by atoms with Crippen molar-refractivity contribution in [1.82, 2.24) is 5.32 Å². The van der Waals surface area contributed by atoms with E-state index in [1.807, 2.05) is 61.5 Å². The Morgan fingerprint density at radius 1 is 0.933 bits per heavy atom. The van der Waals surface area contributed by atoms with Crippen LogP contribution in [0.4, 0.5) is 5.69 Å². The summed E-state index contributed by atoms with van der Waals surface area (Å²) in [6.07, 6.45) is 0. The van der Waals surface area contributed by atoms with Gasteiger partial charge in [-0.25, -0.2) is 0 Å². The lowest BCUT2D eigenvalue weighted by atomic mass is 10.1. The van der Waals surface area contributed by atoms with Crippen molar-refractivity contribution in [3.63, 3.8) is 0 Å². The van der Waals surface area contributed by atoms with Gasteiger partial charge in [0.05, 0.1) is 23.0 Å². The molecule has 0 saturated heterocycles. The van der Waals surface area contributed by atoms with Gasteiger partial charge in [-0.05, 0) is 36.2 Å². The van der Waals surface area contributed by atoms with Gasteiger partial charge in [0, 0.05) is 10.8 Å². The van der Waals surface area contributed by atoms with E-state index in [1.165, 1.54) is 11.8 Å². The Hall–Kier alpha value is -2.76. The van der Waals surface area contributed by atoms with Crippen molar-refractivity contribution >= 4 is 40.9 Å². The summed E-state index contributed by atoms with van der Waals surface area (Å²) in [5, 5.41) is 6.53. The first-order valence-corrected chi connectivity index (χ1v) is 11.1. The maximum Gasteiger partial charge on any atom is 0.253 e. The fourth-order valence-corrected chi connectivity index (χ4v) is 4.06. The van der Waals surface area contributed by atoms with Gasteiger partial charge in [0.15, 0.2) is 0 Å². The summed E-state index contributed by atoms with van der Waals surface area (Å²) in [6.45, 7) is 1.93. The number of carbonyl (C=O) groups excluding carboxylic acids is 2. The molecule has 0 aromatic heterocycles. The molecular weight excluding hydrogens is 416 g/mol. The molecule has 0 bridgehead atoms. The molecule has 0 fully saturated rings. The average Bonchev–Trinajstić information content (AvgIpc) is 2.76. The van der Waals surface area contributed by atoms with Crippen LogP contribution in [0.15, 0.2) is 78.9 Å². The molecule has 0 unspecified atom stereocenters. The standard InChI is InChI=1S/C24H23ClN2O2S/c1-17(18-9-3-2-4-10-18)26-24(29)20-12-6-8-14-22(20)27-23(28)16-30-15-19-11-5-7-13-21(19)25/h2-14,17H,15-16H2,1H3,(H,26,29)(H,27,28)/t17-/m0/s1. The summed E-state index contributed by atoms with van der Waals surface area (Å²) >= 11 is 7.63. The molecule has 2 amide bonds. The Bertz CT molecular complexity index is 1010. The summed E-state index contributed by atoms with van der Waals surface area (Å²) in [6, 6.07) is 24.2. The number of amides is 2. The van der Waals surface area contributed by atoms with Gasteiger partial charge in [-0.3, -0.25) is 9.59 Å². The second-order valence-electron chi connectivity index (χ2n) is 6.78. The summed E-state index contributed by atoms with van der Waals surface area (Å²) < 4.78 is 0. The molecule has 0 spiro atoms. The zero-order chi connectivity index (χ0) is 21.3. The minimum atomic E-state index is -0.231. The molecule has 3 aromatic rings. The van der Waals surface area contributed by atoms with E-state index < -0.39 is 0 Å². The first-order chi connectivity index (χ1) is 14.5. The number of halogens is 1. The Morgan fingerprint density at radius 2 is 1.60 bits per heavy atom. The highest BCUT2D eigenvalue weighted by Crippen LogP contribution is 2.22. The third-order valence-electron chi connectivity index (χ3n) is 4.54. The quantitative estimate of drug-likeness (QED) is 0.474. The zero-order valence-electron chi connectivity index (χ0n) is 16.6. The van der Waals surface area contributed by atoms with Crippen LogP contribution in [0.3, 0.4) is 0 Å². The van der Waals surface area contributed by atoms with E-state index >= 15 is 0 Å². The smallest absolute Gasteiger partial charge is 0.253 e. The SMILES string of the molecule is C[C@H](NC(=O)c1ccccc1NC(=O)CSCc1ccccc1Cl)c1ccccc1. The second-order valence-corrected chi connectivity index (χ2v) is 8.18. The molecule has 154 valence electrons.